The van der Waals surface area contributed by atoms with Crippen molar-refractivity contribution in [2.75, 3.05) is 26.3 Å². The van der Waals surface area contributed by atoms with Crippen molar-refractivity contribution in [3.8, 4) is 17.0 Å². The Morgan fingerprint density at radius 1 is 1.10 bits per heavy atom. The lowest BCUT2D eigenvalue weighted by atomic mass is 10.0. The molecule has 2 saturated carbocycles. The quantitative estimate of drug-likeness (QED) is 0.649. The molecule has 1 aliphatic heterocycles. The molecule has 31 heavy (non-hydrogen) atoms. The first kappa shape index (κ1) is 20.9. The Morgan fingerprint density at radius 3 is 2.65 bits per heavy atom. The van der Waals surface area contributed by atoms with Crippen molar-refractivity contribution in [3.05, 3.63) is 36.0 Å². The molecule has 0 amide bonds. The van der Waals surface area contributed by atoms with Gasteiger partial charge in [0.2, 0.25) is 0 Å². The third kappa shape index (κ3) is 4.22. The minimum absolute atomic E-state index is 0.167. The SMILES string of the molecule is CC(C)n1nc(-c2cccc(OC(F)F)c2)cc1C1[C@H]2CC(N3CCCOCC3)C[C@@H]12. The summed E-state index contributed by atoms with van der Waals surface area (Å²) in [6.07, 6.45) is 3.64. The molecule has 1 aromatic carbocycles. The molecule has 3 fully saturated rings. The van der Waals surface area contributed by atoms with Crippen LogP contribution in [0.25, 0.3) is 11.3 Å². The van der Waals surface area contributed by atoms with Crippen molar-refractivity contribution in [1.29, 1.82) is 0 Å². The summed E-state index contributed by atoms with van der Waals surface area (Å²) in [6.45, 7) is 5.42. The molecule has 4 atom stereocenters. The maximum atomic E-state index is 12.6. The molecule has 2 heterocycles. The van der Waals surface area contributed by atoms with Crippen molar-refractivity contribution in [1.82, 2.24) is 14.7 Å². The number of hydrogen-bond acceptors (Lipinski definition) is 4. The fraction of sp³-hybridized carbons (Fsp3) is 0.625. The third-order valence-electron chi connectivity index (χ3n) is 7.14. The van der Waals surface area contributed by atoms with Crippen LogP contribution in [0.2, 0.25) is 0 Å². The number of nitrogens with zero attached hydrogens (tertiary/aromatic N) is 3. The number of benzene rings is 1. The predicted octanol–water partition coefficient (Wildman–Crippen LogP) is 4.95. The summed E-state index contributed by atoms with van der Waals surface area (Å²) < 4.78 is 37.6. The molecule has 2 aromatic rings. The second-order valence-electron chi connectivity index (χ2n) is 9.38. The van der Waals surface area contributed by atoms with Gasteiger partial charge in [-0.15, -0.1) is 0 Å². The second-order valence-corrected chi connectivity index (χ2v) is 9.38. The molecule has 0 N–H and O–H groups in total. The lowest BCUT2D eigenvalue weighted by molar-refractivity contribution is -0.0498. The van der Waals surface area contributed by atoms with Crippen molar-refractivity contribution in [2.24, 2.45) is 11.8 Å². The summed E-state index contributed by atoms with van der Waals surface area (Å²) in [7, 11) is 0. The lowest BCUT2D eigenvalue weighted by Crippen LogP contribution is -2.36. The first-order valence-corrected chi connectivity index (χ1v) is 11.5. The average molecular weight is 432 g/mol. The van der Waals surface area contributed by atoms with Crippen molar-refractivity contribution in [2.45, 2.75) is 57.7 Å². The van der Waals surface area contributed by atoms with Gasteiger partial charge in [0, 0.05) is 49.0 Å². The maximum absolute atomic E-state index is 12.6. The fourth-order valence-electron chi connectivity index (χ4n) is 5.72. The van der Waals surface area contributed by atoms with Gasteiger partial charge in [0.1, 0.15) is 5.75 Å². The summed E-state index contributed by atoms with van der Waals surface area (Å²) in [5.41, 5.74) is 2.93. The minimum atomic E-state index is -2.83. The van der Waals surface area contributed by atoms with Crippen molar-refractivity contribution < 1.29 is 18.3 Å². The van der Waals surface area contributed by atoms with E-state index in [1.54, 1.807) is 18.2 Å². The molecular formula is C24H31F2N3O2. The van der Waals surface area contributed by atoms with Gasteiger partial charge in [0.15, 0.2) is 0 Å². The number of aromatic nitrogens is 2. The van der Waals surface area contributed by atoms with E-state index in [1.807, 2.05) is 6.07 Å². The smallest absolute Gasteiger partial charge is 0.387 e. The van der Waals surface area contributed by atoms with E-state index in [9.17, 15) is 8.78 Å². The van der Waals surface area contributed by atoms with E-state index < -0.39 is 6.61 Å². The highest BCUT2D eigenvalue weighted by Gasteiger charge is 2.58. The van der Waals surface area contributed by atoms with Gasteiger partial charge < -0.3 is 9.47 Å². The third-order valence-corrected chi connectivity index (χ3v) is 7.14. The van der Waals surface area contributed by atoms with Gasteiger partial charge in [-0.25, -0.2) is 0 Å². The predicted molar refractivity (Wildman–Crippen MR) is 114 cm³/mol. The first-order chi connectivity index (χ1) is 15.0. The van der Waals surface area contributed by atoms with Gasteiger partial charge in [-0.1, -0.05) is 12.1 Å². The number of halogens is 2. The van der Waals surface area contributed by atoms with Crippen LogP contribution in [0.4, 0.5) is 8.78 Å². The van der Waals surface area contributed by atoms with Crippen molar-refractivity contribution >= 4 is 0 Å². The topological polar surface area (TPSA) is 39.5 Å². The van der Waals surface area contributed by atoms with Gasteiger partial charge in [0.25, 0.3) is 0 Å². The molecule has 7 heteroatoms. The van der Waals surface area contributed by atoms with Gasteiger partial charge in [-0.2, -0.15) is 13.9 Å². The Hall–Kier alpha value is -1.99. The molecule has 0 bridgehead atoms. The highest BCUT2D eigenvalue weighted by atomic mass is 19.3. The molecule has 168 valence electrons. The normalized spacial score (nSPS) is 28.7. The van der Waals surface area contributed by atoms with E-state index >= 15 is 0 Å². The van der Waals surface area contributed by atoms with Crippen LogP contribution in [-0.2, 0) is 4.74 Å². The van der Waals surface area contributed by atoms with Crippen LogP contribution in [0.3, 0.4) is 0 Å². The molecule has 5 nitrogen and oxygen atoms in total. The molecule has 3 aliphatic rings. The molecule has 0 spiro atoms. The Kier molecular flexibility index (Phi) is 5.73. The average Bonchev–Trinajstić information content (AvgIpc) is 3.07. The molecule has 5 rings (SSSR count). The Morgan fingerprint density at radius 2 is 1.90 bits per heavy atom. The monoisotopic (exact) mass is 431 g/mol. The zero-order chi connectivity index (χ0) is 21.5. The van der Waals surface area contributed by atoms with E-state index in [2.05, 4.69) is 34.2 Å². The largest absolute Gasteiger partial charge is 0.435 e. The zero-order valence-corrected chi connectivity index (χ0v) is 18.2. The highest BCUT2D eigenvalue weighted by molar-refractivity contribution is 5.62. The van der Waals surface area contributed by atoms with E-state index in [0.717, 1.165) is 55.8 Å². The van der Waals surface area contributed by atoms with Gasteiger partial charge in [0.05, 0.1) is 12.3 Å². The van der Waals surface area contributed by atoms with Gasteiger partial charge >= 0.3 is 6.61 Å². The van der Waals surface area contributed by atoms with Gasteiger partial charge in [-0.3, -0.25) is 9.58 Å². The molecular weight excluding hydrogens is 400 g/mol. The van der Waals surface area contributed by atoms with Crippen LogP contribution in [-0.4, -0.2) is 53.6 Å². The van der Waals surface area contributed by atoms with Crippen LogP contribution >= 0.6 is 0 Å². The number of ether oxygens (including phenoxy) is 2. The molecule has 0 radical (unpaired) electrons. The number of alkyl halides is 2. The van der Waals surface area contributed by atoms with Crippen molar-refractivity contribution in [3.63, 3.8) is 0 Å². The van der Waals surface area contributed by atoms with E-state index in [-0.39, 0.29) is 11.8 Å². The molecule has 1 saturated heterocycles. The van der Waals surface area contributed by atoms with Crippen LogP contribution in [0, 0.1) is 11.8 Å². The summed E-state index contributed by atoms with van der Waals surface area (Å²) in [5.74, 6) is 2.18. The van der Waals surface area contributed by atoms with E-state index in [4.69, 9.17) is 9.84 Å². The summed E-state index contributed by atoms with van der Waals surface area (Å²) in [5, 5.41) is 4.86. The number of rotatable bonds is 6. The van der Waals surface area contributed by atoms with Crippen LogP contribution < -0.4 is 4.74 Å². The second kappa shape index (κ2) is 8.51. The Bertz CT molecular complexity index is 896. The molecule has 2 unspecified atom stereocenters. The van der Waals surface area contributed by atoms with E-state index in [1.165, 1.54) is 18.5 Å². The molecule has 1 aromatic heterocycles. The van der Waals surface area contributed by atoms with Crippen LogP contribution in [0.1, 0.15) is 50.8 Å². The van der Waals surface area contributed by atoms with Crippen LogP contribution in [0.5, 0.6) is 5.75 Å². The maximum Gasteiger partial charge on any atom is 0.387 e. The fourth-order valence-corrected chi connectivity index (χ4v) is 5.72. The number of hydrogen-bond donors (Lipinski definition) is 0. The number of fused-ring (bicyclic) bond motifs is 1. The Labute approximate surface area is 182 Å². The minimum Gasteiger partial charge on any atom is -0.435 e. The highest BCUT2D eigenvalue weighted by Crippen LogP contribution is 2.64. The standard InChI is InChI=1S/C24H31F2N3O2/c1-15(2)29-22(14-21(27-29)16-5-3-6-18(11-16)31-24(25)26)23-19-12-17(13-20(19)23)28-7-4-9-30-10-8-28/h3,5-6,11,14-15,17,19-20,23-24H,4,7-10,12-13H2,1-2H3/t17?,19-,20+,23?. The first-order valence-electron chi connectivity index (χ1n) is 11.5. The summed E-state index contributed by atoms with van der Waals surface area (Å²) in [4.78, 5) is 2.63. The zero-order valence-electron chi connectivity index (χ0n) is 18.2. The van der Waals surface area contributed by atoms with Gasteiger partial charge in [-0.05, 0) is 63.1 Å². The summed E-state index contributed by atoms with van der Waals surface area (Å²) >= 11 is 0. The van der Waals surface area contributed by atoms with Crippen LogP contribution in [0.15, 0.2) is 30.3 Å². The Balaban J connectivity index is 1.33. The summed E-state index contributed by atoms with van der Waals surface area (Å²) in [6, 6.07) is 9.95. The lowest BCUT2D eigenvalue weighted by Gasteiger charge is -2.28. The molecule has 2 aliphatic carbocycles. The van der Waals surface area contributed by atoms with E-state index in [0.29, 0.717) is 12.0 Å².